The molecule has 0 amide bonds. The molecular weight excluding hydrogens is 196 g/mol. The van der Waals surface area contributed by atoms with Gasteiger partial charge >= 0.3 is 0 Å². The Morgan fingerprint density at radius 1 is 1.50 bits per heavy atom. The molecule has 1 aliphatic rings. The van der Waals surface area contributed by atoms with Crippen molar-refractivity contribution in [2.45, 2.75) is 26.2 Å². The molecule has 1 heteroatoms. The van der Waals surface area contributed by atoms with E-state index in [0.717, 1.165) is 26.1 Å². The van der Waals surface area contributed by atoms with Gasteiger partial charge in [-0.3, -0.25) is 0 Å². The number of rotatable bonds is 7. The molecule has 0 radical (unpaired) electrons. The molecule has 1 unspecified atom stereocenters. The van der Waals surface area contributed by atoms with Gasteiger partial charge in [0.25, 0.3) is 0 Å². The summed E-state index contributed by atoms with van der Waals surface area (Å²) in [5.74, 6) is 0. The predicted molar refractivity (Wildman–Crippen MR) is 70.4 cm³/mol. The minimum atomic E-state index is -0.0136. The topological polar surface area (TPSA) is 9.23 Å². The lowest BCUT2D eigenvalue weighted by Gasteiger charge is -2.28. The van der Waals surface area contributed by atoms with Crippen molar-refractivity contribution in [2.24, 2.45) is 5.41 Å². The molecule has 0 bridgehead atoms. The van der Waals surface area contributed by atoms with Gasteiger partial charge in [-0.05, 0) is 18.4 Å². The maximum absolute atomic E-state index is 5.70. The highest BCUT2D eigenvalue weighted by atomic mass is 16.5. The molecule has 1 aliphatic carbocycles. The normalized spacial score (nSPS) is 23.9. The van der Waals surface area contributed by atoms with Crippen molar-refractivity contribution in [3.63, 3.8) is 0 Å². The van der Waals surface area contributed by atoms with E-state index >= 15 is 0 Å². The van der Waals surface area contributed by atoms with Crippen LogP contribution in [0.5, 0.6) is 0 Å². The Kier molecular flexibility index (Phi) is 5.27. The van der Waals surface area contributed by atoms with Gasteiger partial charge in [0.1, 0.15) is 0 Å². The van der Waals surface area contributed by atoms with Crippen LogP contribution < -0.4 is 0 Å². The van der Waals surface area contributed by atoms with E-state index < -0.39 is 0 Å². The number of allylic oxidation sites excluding steroid dienone is 4. The van der Waals surface area contributed by atoms with E-state index in [1.807, 2.05) is 12.2 Å². The van der Waals surface area contributed by atoms with Crippen LogP contribution in [0.2, 0.25) is 0 Å². The molecule has 1 rings (SSSR count). The van der Waals surface area contributed by atoms with Gasteiger partial charge < -0.3 is 4.74 Å². The molecule has 0 aromatic rings. The summed E-state index contributed by atoms with van der Waals surface area (Å²) in [4.78, 5) is 0. The third-order valence-electron chi connectivity index (χ3n) is 2.98. The van der Waals surface area contributed by atoms with E-state index in [1.165, 1.54) is 12.0 Å². The quantitative estimate of drug-likeness (QED) is 0.463. The van der Waals surface area contributed by atoms with Gasteiger partial charge in [-0.25, -0.2) is 0 Å². The van der Waals surface area contributed by atoms with Crippen molar-refractivity contribution in [2.75, 3.05) is 13.2 Å². The van der Waals surface area contributed by atoms with Gasteiger partial charge in [0.2, 0.25) is 0 Å². The largest absolute Gasteiger partial charge is 0.380 e. The summed E-state index contributed by atoms with van der Waals surface area (Å²) in [5, 5.41) is 0. The third kappa shape index (κ3) is 3.49. The Balaban J connectivity index is 2.48. The van der Waals surface area contributed by atoms with Crippen molar-refractivity contribution >= 4 is 0 Å². The molecule has 0 heterocycles. The standard InChI is InChI=1S/C15H22O/c1-4-7-12-16-13-15(6-3)10-8-14(5-2)9-11-15/h5-6,8-10H,2-4,7,11-13H2,1H3. The van der Waals surface area contributed by atoms with E-state index in [9.17, 15) is 0 Å². The fourth-order valence-electron chi connectivity index (χ4n) is 1.68. The molecule has 0 fully saturated rings. The van der Waals surface area contributed by atoms with Crippen LogP contribution >= 0.6 is 0 Å². The summed E-state index contributed by atoms with van der Waals surface area (Å²) in [5.41, 5.74) is 1.17. The molecule has 0 saturated carbocycles. The zero-order valence-corrected chi connectivity index (χ0v) is 10.2. The average Bonchev–Trinajstić information content (AvgIpc) is 2.35. The van der Waals surface area contributed by atoms with Gasteiger partial charge in [-0.2, -0.15) is 0 Å². The summed E-state index contributed by atoms with van der Waals surface area (Å²) in [6.45, 7) is 11.4. The van der Waals surface area contributed by atoms with E-state index in [2.05, 4.69) is 38.3 Å². The SMILES string of the molecule is C=CC1=CCC(C=C)(COCCCC)C=C1. The van der Waals surface area contributed by atoms with Crippen molar-refractivity contribution in [1.29, 1.82) is 0 Å². The second-order valence-corrected chi connectivity index (χ2v) is 4.29. The summed E-state index contributed by atoms with van der Waals surface area (Å²) in [6.07, 6.45) is 13.6. The number of unbranched alkanes of at least 4 members (excludes halogenated alkanes) is 1. The van der Waals surface area contributed by atoms with Crippen molar-refractivity contribution in [1.82, 2.24) is 0 Å². The second-order valence-electron chi connectivity index (χ2n) is 4.29. The van der Waals surface area contributed by atoms with Crippen molar-refractivity contribution in [3.8, 4) is 0 Å². The molecule has 1 nitrogen and oxygen atoms in total. The minimum Gasteiger partial charge on any atom is -0.380 e. The molecule has 0 aliphatic heterocycles. The van der Waals surface area contributed by atoms with Crippen molar-refractivity contribution in [3.05, 3.63) is 49.1 Å². The number of hydrogen-bond donors (Lipinski definition) is 0. The highest BCUT2D eigenvalue weighted by molar-refractivity contribution is 5.36. The first-order valence-electron chi connectivity index (χ1n) is 5.99. The highest BCUT2D eigenvalue weighted by Gasteiger charge is 2.24. The third-order valence-corrected chi connectivity index (χ3v) is 2.98. The van der Waals surface area contributed by atoms with Crippen LogP contribution in [0.4, 0.5) is 0 Å². The van der Waals surface area contributed by atoms with Crippen LogP contribution in [-0.4, -0.2) is 13.2 Å². The lowest BCUT2D eigenvalue weighted by atomic mass is 9.81. The van der Waals surface area contributed by atoms with Gasteiger partial charge in [0, 0.05) is 12.0 Å². The Hall–Kier alpha value is -1.08. The highest BCUT2D eigenvalue weighted by Crippen LogP contribution is 2.31. The van der Waals surface area contributed by atoms with E-state index in [0.29, 0.717) is 0 Å². The molecule has 0 spiro atoms. The fraction of sp³-hybridized carbons (Fsp3) is 0.467. The predicted octanol–water partition coefficient (Wildman–Crippen LogP) is 4.05. The first-order valence-corrected chi connectivity index (χ1v) is 5.99. The first-order chi connectivity index (χ1) is 7.76. The van der Waals surface area contributed by atoms with Crippen LogP contribution in [0.3, 0.4) is 0 Å². The van der Waals surface area contributed by atoms with Crippen LogP contribution in [0.1, 0.15) is 26.2 Å². The fourth-order valence-corrected chi connectivity index (χ4v) is 1.68. The molecule has 0 N–H and O–H groups in total. The van der Waals surface area contributed by atoms with E-state index in [1.54, 1.807) is 0 Å². The molecular formula is C15H22O. The molecule has 16 heavy (non-hydrogen) atoms. The summed E-state index contributed by atoms with van der Waals surface area (Å²) < 4.78 is 5.70. The molecule has 0 aromatic carbocycles. The maximum atomic E-state index is 5.70. The van der Waals surface area contributed by atoms with Crippen LogP contribution in [-0.2, 0) is 4.74 Å². The number of hydrogen-bond acceptors (Lipinski definition) is 1. The number of ether oxygens (including phenoxy) is 1. The molecule has 0 aromatic heterocycles. The van der Waals surface area contributed by atoms with Crippen LogP contribution in [0.15, 0.2) is 49.1 Å². The summed E-state index contributed by atoms with van der Waals surface area (Å²) in [7, 11) is 0. The Morgan fingerprint density at radius 3 is 2.81 bits per heavy atom. The smallest absolute Gasteiger partial charge is 0.0594 e. The Labute approximate surface area is 99.2 Å². The second kappa shape index (κ2) is 6.49. The minimum absolute atomic E-state index is 0.0136. The van der Waals surface area contributed by atoms with Crippen LogP contribution in [0.25, 0.3) is 0 Å². The van der Waals surface area contributed by atoms with Gasteiger partial charge in [-0.15, -0.1) is 6.58 Å². The van der Waals surface area contributed by atoms with Crippen molar-refractivity contribution < 1.29 is 4.74 Å². The lowest BCUT2D eigenvalue weighted by molar-refractivity contribution is 0.0860. The summed E-state index contributed by atoms with van der Waals surface area (Å²) in [6, 6.07) is 0. The van der Waals surface area contributed by atoms with Gasteiger partial charge in [0.05, 0.1) is 6.61 Å². The Morgan fingerprint density at radius 2 is 2.31 bits per heavy atom. The summed E-state index contributed by atoms with van der Waals surface area (Å²) >= 11 is 0. The lowest BCUT2D eigenvalue weighted by Crippen LogP contribution is -2.23. The molecule has 0 saturated heterocycles. The monoisotopic (exact) mass is 218 g/mol. The van der Waals surface area contributed by atoms with E-state index in [-0.39, 0.29) is 5.41 Å². The zero-order chi connectivity index (χ0) is 11.9. The molecule has 1 atom stereocenters. The molecule has 88 valence electrons. The van der Waals surface area contributed by atoms with Gasteiger partial charge in [0.15, 0.2) is 0 Å². The van der Waals surface area contributed by atoms with E-state index in [4.69, 9.17) is 4.74 Å². The first kappa shape index (κ1) is 13.0. The zero-order valence-electron chi connectivity index (χ0n) is 10.2. The Bertz CT molecular complexity index is 299. The van der Waals surface area contributed by atoms with Crippen LogP contribution in [0, 0.1) is 5.41 Å². The average molecular weight is 218 g/mol. The van der Waals surface area contributed by atoms with Gasteiger partial charge in [-0.1, -0.05) is 50.3 Å². The maximum Gasteiger partial charge on any atom is 0.0594 e.